The van der Waals surface area contributed by atoms with E-state index in [4.69, 9.17) is 11.6 Å². The van der Waals surface area contributed by atoms with Gasteiger partial charge in [0.1, 0.15) is 0 Å². The van der Waals surface area contributed by atoms with E-state index >= 15 is 0 Å². The lowest BCUT2D eigenvalue weighted by molar-refractivity contribution is -0.115. The number of halogens is 1. The minimum absolute atomic E-state index is 0.00167. The maximum Gasteiger partial charge on any atom is 0.237 e. The Hall–Kier alpha value is -0.740. The predicted molar refractivity (Wildman–Crippen MR) is 77.2 cm³/mol. The quantitative estimate of drug-likeness (QED) is 0.857. The summed E-state index contributed by atoms with van der Waals surface area (Å²) in [5.74, 6) is 0.00167. The second-order valence-electron chi connectivity index (χ2n) is 4.52. The molecule has 1 aromatic heterocycles. The van der Waals surface area contributed by atoms with Crippen LogP contribution in [0.5, 0.6) is 0 Å². The third kappa shape index (κ3) is 3.62. The molecule has 0 radical (unpaired) electrons. The molecule has 1 aromatic rings. The van der Waals surface area contributed by atoms with E-state index in [0.29, 0.717) is 16.1 Å². The summed E-state index contributed by atoms with van der Waals surface area (Å²) >= 11 is 7.68. The highest BCUT2D eigenvalue weighted by atomic mass is 35.5. The molecule has 0 saturated heterocycles. The molecule has 18 heavy (non-hydrogen) atoms. The molecule has 1 saturated carbocycles. The van der Waals surface area contributed by atoms with Crippen molar-refractivity contribution < 1.29 is 4.79 Å². The van der Waals surface area contributed by atoms with Gasteiger partial charge >= 0.3 is 0 Å². The molecule has 0 spiro atoms. The maximum atomic E-state index is 12.0. The molecule has 1 amide bonds. The van der Waals surface area contributed by atoms with Gasteiger partial charge in [0.05, 0.1) is 10.9 Å². The van der Waals surface area contributed by atoms with E-state index in [1.54, 1.807) is 30.1 Å². The van der Waals surface area contributed by atoms with Gasteiger partial charge in [0, 0.05) is 11.4 Å². The van der Waals surface area contributed by atoms with E-state index in [-0.39, 0.29) is 11.2 Å². The van der Waals surface area contributed by atoms with Gasteiger partial charge in [-0.25, -0.2) is 4.98 Å². The van der Waals surface area contributed by atoms with Crippen molar-refractivity contribution in [3.63, 3.8) is 0 Å². The highest BCUT2D eigenvalue weighted by molar-refractivity contribution is 8.01. The van der Waals surface area contributed by atoms with Gasteiger partial charge < -0.3 is 5.32 Å². The number of carbonyl (C=O) groups excluding carboxylic acids is 1. The molecule has 1 aliphatic carbocycles. The second-order valence-corrected chi connectivity index (χ2v) is 6.52. The summed E-state index contributed by atoms with van der Waals surface area (Å²) in [7, 11) is 0. The molecule has 1 heterocycles. The monoisotopic (exact) mass is 284 g/mol. The smallest absolute Gasteiger partial charge is 0.237 e. The van der Waals surface area contributed by atoms with E-state index in [1.807, 2.05) is 6.92 Å². The first-order chi connectivity index (χ1) is 8.66. The highest BCUT2D eigenvalue weighted by Gasteiger charge is 2.22. The molecule has 1 atom stereocenters. The van der Waals surface area contributed by atoms with Gasteiger partial charge in [0.15, 0.2) is 5.15 Å². The summed E-state index contributed by atoms with van der Waals surface area (Å²) in [5, 5.41) is 3.75. The van der Waals surface area contributed by atoms with E-state index in [0.717, 1.165) is 0 Å². The number of pyridine rings is 1. The highest BCUT2D eigenvalue weighted by Crippen LogP contribution is 2.32. The topological polar surface area (TPSA) is 42.0 Å². The summed E-state index contributed by atoms with van der Waals surface area (Å²) in [6, 6.07) is 3.52. The zero-order valence-corrected chi connectivity index (χ0v) is 11.9. The van der Waals surface area contributed by atoms with Crippen LogP contribution in [0, 0.1) is 0 Å². The van der Waals surface area contributed by atoms with E-state index < -0.39 is 0 Å². The van der Waals surface area contributed by atoms with Crippen LogP contribution in [0.4, 0.5) is 5.69 Å². The Labute approximate surface area is 117 Å². The van der Waals surface area contributed by atoms with Gasteiger partial charge in [0.2, 0.25) is 5.91 Å². The summed E-state index contributed by atoms with van der Waals surface area (Å²) in [6.07, 6.45) is 6.65. The average molecular weight is 285 g/mol. The van der Waals surface area contributed by atoms with Crippen LogP contribution in [-0.2, 0) is 4.79 Å². The van der Waals surface area contributed by atoms with Crippen molar-refractivity contribution >= 4 is 35.0 Å². The fraction of sp³-hybridized carbons (Fsp3) is 0.538. The number of aromatic nitrogens is 1. The van der Waals surface area contributed by atoms with Crippen molar-refractivity contribution in [3.8, 4) is 0 Å². The van der Waals surface area contributed by atoms with Crippen molar-refractivity contribution in [3.05, 3.63) is 23.5 Å². The maximum absolute atomic E-state index is 12.0. The molecule has 5 heteroatoms. The van der Waals surface area contributed by atoms with Crippen molar-refractivity contribution in [2.75, 3.05) is 5.32 Å². The minimum atomic E-state index is -0.0515. The molecular weight excluding hydrogens is 268 g/mol. The first-order valence-electron chi connectivity index (χ1n) is 6.23. The fourth-order valence-electron chi connectivity index (χ4n) is 2.09. The minimum Gasteiger partial charge on any atom is -0.323 e. The lowest BCUT2D eigenvalue weighted by Gasteiger charge is -2.16. The Balaban J connectivity index is 1.89. The number of hydrogen-bond acceptors (Lipinski definition) is 3. The molecule has 3 nitrogen and oxygen atoms in total. The number of nitrogens with one attached hydrogen (secondary N) is 1. The number of rotatable bonds is 4. The number of nitrogens with zero attached hydrogens (tertiary/aromatic N) is 1. The van der Waals surface area contributed by atoms with Crippen LogP contribution < -0.4 is 5.32 Å². The van der Waals surface area contributed by atoms with Crippen LogP contribution in [-0.4, -0.2) is 21.4 Å². The molecule has 2 rings (SSSR count). The normalized spacial score (nSPS) is 17.7. The number of hydrogen-bond donors (Lipinski definition) is 1. The Morgan fingerprint density at radius 3 is 2.94 bits per heavy atom. The summed E-state index contributed by atoms with van der Waals surface area (Å²) in [6.45, 7) is 1.95. The van der Waals surface area contributed by atoms with Gasteiger partial charge in [-0.1, -0.05) is 24.4 Å². The van der Waals surface area contributed by atoms with Gasteiger partial charge in [-0.05, 0) is 31.9 Å². The first kappa shape index (κ1) is 13.7. The Kier molecular flexibility index (Phi) is 4.89. The predicted octanol–water partition coefficient (Wildman–Crippen LogP) is 3.74. The van der Waals surface area contributed by atoms with E-state index in [9.17, 15) is 4.79 Å². The van der Waals surface area contributed by atoms with Crippen LogP contribution in [0.1, 0.15) is 32.6 Å². The largest absolute Gasteiger partial charge is 0.323 e. The number of carbonyl (C=O) groups is 1. The lowest BCUT2D eigenvalue weighted by atomic mass is 10.3. The molecule has 1 aliphatic rings. The van der Waals surface area contributed by atoms with Crippen LogP contribution in [0.2, 0.25) is 5.15 Å². The molecule has 1 fully saturated rings. The van der Waals surface area contributed by atoms with Gasteiger partial charge in [-0.2, -0.15) is 0 Å². The molecule has 1 N–H and O–H groups in total. The molecule has 98 valence electrons. The van der Waals surface area contributed by atoms with E-state index in [1.165, 1.54) is 25.7 Å². The van der Waals surface area contributed by atoms with Crippen LogP contribution in [0.3, 0.4) is 0 Å². The van der Waals surface area contributed by atoms with Crippen LogP contribution in [0.25, 0.3) is 0 Å². The molecule has 0 bridgehead atoms. The standard InChI is InChI=1S/C13H17ClN2OS/c1-9(18-10-5-2-3-6-10)13(17)16-11-7-4-8-15-12(11)14/h4,7-10H,2-3,5-6H2,1H3,(H,16,17). The first-order valence-corrected chi connectivity index (χ1v) is 7.55. The Morgan fingerprint density at radius 1 is 1.56 bits per heavy atom. The zero-order chi connectivity index (χ0) is 13.0. The Bertz CT molecular complexity index is 421. The third-order valence-electron chi connectivity index (χ3n) is 3.08. The van der Waals surface area contributed by atoms with E-state index in [2.05, 4.69) is 10.3 Å². The summed E-state index contributed by atoms with van der Waals surface area (Å²) in [4.78, 5) is 16.0. The summed E-state index contributed by atoms with van der Waals surface area (Å²) in [5.41, 5.74) is 0.586. The third-order valence-corrected chi connectivity index (χ3v) is 4.86. The number of anilines is 1. The zero-order valence-electron chi connectivity index (χ0n) is 10.4. The van der Waals surface area contributed by atoms with Crippen molar-refractivity contribution in [1.29, 1.82) is 0 Å². The number of amides is 1. The molecular formula is C13H17ClN2OS. The van der Waals surface area contributed by atoms with Gasteiger partial charge in [-0.15, -0.1) is 11.8 Å². The van der Waals surface area contributed by atoms with Gasteiger partial charge in [0.25, 0.3) is 0 Å². The molecule has 0 aromatic carbocycles. The SMILES string of the molecule is CC(SC1CCCC1)C(=O)Nc1cccnc1Cl. The average Bonchev–Trinajstić information content (AvgIpc) is 2.84. The molecule has 1 unspecified atom stereocenters. The van der Waals surface area contributed by atoms with Crippen molar-refractivity contribution in [2.45, 2.75) is 43.1 Å². The number of thioether (sulfide) groups is 1. The van der Waals surface area contributed by atoms with Crippen molar-refractivity contribution in [2.24, 2.45) is 0 Å². The van der Waals surface area contributed by atoms with Crippen LogP contribution >= 0.6 is 23.4 Å². The second kappa shape index (κ2) is 6.43. The van der Waals surface area contributed by atoms with Gasteiger partial charge in [-0.3, -0.25) is 4.79 Å². The lowest BCUT2D eigenvalue weighted by Crippen LogP contribution is -2.24. The molecule has 0 aliphatic heterocycles. The summed E-state index contributed by atoms with van der Waals surface area (Å²) < 4.78 is 0. The van der Waals surface area contributed by atoms with Crippen LogP contribution in [0.15, 0.2) is 18.3 Å². The Morgan fingerprint density at radius 2 is 2.28 bits per heavy atom. The fourth-order valence-corrected chi connectivity index (χ4v) is 3.62. The van der Waals surface area contributed by atoms with Crippen molar-refractivity contribution in [1.82, 2.24) is 4.98 Å².